The molecule has 0 saturated heterocycles. The van der Waals surface area contributed by atoms with Crippen LogP contribution >= 0.6 is 11.6 Å². The largest absolute Gasteiger partial charge is 0.251 e. The summed E-state index contributed by atoms with van der Waals surface area (Å²) in [7, 11) is 0. The van der Waals surface area contributed by atoms with Crippen LogP contribution in [0, 0.1) is 23.5 Å². The van der Waals surface area contributed by atoms with Crippen LogP contribution in [-0.4, -0.2) is 6.67 Å². The zero-order chi connectivity index (χ0) is 21.3. The van der Waals surface area contributed by atoms with Gasteiger partial charge in [0.15, 0.2) is 0 Å². The van der Waals surface area contributed by atoms with E-state index in [1.54, 1.807) is 0 Å². The smallest absolute Gasteiger partial charge is 0.145 e. The Bertz CT molecular complexity index is 798. The molecule has 1 aliphatic rings. The number of hydrogen-bond acceptors (Lipinski definition) is 0. The quantitative estimate of drug-likeness (QED) is 0.210. The third-order valence-electron chi connectivity index (χ3n) is 6.22. The van der Waals surface area contributed by atoms with Gasteiger partial charge in [-0.1, -0.05) is 60.9 Å². The van der Waals surface area contributed by atoms with Crippen molar-refractivity contribution in [2.75, 3.05) is 6.67 Å². The normalized spacial score (nSPS) is 19.5. The van der Waals surface area contributed by atoms with Gasteiger partial charge in [0.1, 0.15) is 16.7 Å². The molecule has 0 amide bonds. The zero-order valence-electron chi connectivity index (χ0n) is 17.4. The van der Waals surface area contributed by atoms with E-state index in [9.17, 15) is 13.2 Å². The van der Waals surface area contributed by atoms with Crippen LogP contribution in [0.15, 0.2) is 48.6 Å². The van der Waals surface area contributed by atoms with Crippen LogP contribution < -0.4 is 0 Å². The predicted octanol–water partition coefficient (Wildman–Crippen LogP) is 8.72. The summed E-state index contributed by atoms with van der Waals surface area (Å²) in [6.07, 6.45) is 14.3. The van der Waals surface area contributed by atoms with Crippen molar-refractivity contribution in [3.63, 3.8) is 0 Å². The van der Waals surface area contributed by atoms with E-state index in [1.165, 1.54) is 49.8 Å². The van der Waals surface area contributed by atoms with Crippen LogP contribution in [0.4, 0.5) is 13.2 Å². The molecule has 30 heavy (non-hydrogen) atoms. The van der Waals surface area contributed by atoms with E-state index in [-0.39, 0.29) is 6.67 Å². The summed E-state index contributed by atoms with van der Waals surface area (Å²) in [5, 5.41) is -0.460. The molecule has 2 aromatic carbocycles. The second kappa shape index (κ2) is 11.6. The fraction of sp³-hybridized carbons (Fsp3) is 0.462. The predicted molar refractivity (Wildman–Crippen MR) is 120 cm³/mol. The minimum absolute atomic E-state index is 0.226. The monoisotopic (exact) mass is 434 g/mol. The van der Waals surface area contributed by atoms with Gasteiger partial charge in [0.2, 0.25) is 0 Å². The van der Waals surface area contributed by atoms with Crippen molar-refractivity contribution in [3.8, 4) is 11.1 Å². The first-order chi connectivity index (χ1) is 14.6. The van der Waals surface area contributed by atoms with E-state index in [2.05, 4.69) is 12.2 Å². The SMILES string of the molecule is FCCC/C=C/CC1CCC(CCc2ccc(-c3cc(F)c(Cl)c(F)c3)cc2)CC1. The highest BCUT2D eigenvalue weighted by Gasteiger charge is 2.20. The minimum Gasteiger partial charge on any atom is -0.251 e. The molecule has 162 valence electrons. The maximum absolute atomic E-state index is 13.7. The molecule has 0 radical (unpaired) electrons. The zero-order valence-corrected chi connectivity index (χ0v) is 18.1. The number of rotatable bonds is 9. The van der Waals surface area contributed by atoms with Gasteiger partial charge in [-0.15, -0.1) is 0 Å². The average Bonchev–Trinajstić information content (AvgIpc) is 2.77. The van der Waals surface area contributed by atoms with Crippen molar-refractivity contribution in [2.45, 2.75) is 57.8 Å². The maximum Gasteiger partial charge on any atom is 0.145 e. The highest BCUT2D eigenvalue weighted by Crippen LogP contribution is 2.34. The molecule has 0 unspecified atom stereocenters. The summed E-state index contributed by atoms with van der Waals surface area (Å²) in [4.78, 5) is 0. The summed E-state index contributed by atoms with van der Waals surface area (Å²) >= 11 is 5.56. The lowest BCUT2D eigenvalue weighted by molar-refractivity contribution is 0.265. The fourth-order valence-corrected chi connectivity index (χ4v) is 4.42. The van der Waals surface area contributed by atoms with Gasteiger partial charge < -0.3 is 0 Å². The maximum atomic E-state index is 13.7. The second-order valence-electron chi connectivity index (χ2n) is 8.41. The Kier molecular flexibility index (Phi) is 8.87. The van der Waals surface area contributed by atoms with Crippen molar-refractivity contribution in [1.29, 1.82) is 0 Å². The molecule has 2 aromatic rings. The van der Waals surface area contributed by atoms with Gasteiger partial charge in [0, 0.05) is 0 Å². The van der Waals surface area contributed by atoms with E-state index in [0.717, 1.165) is 36.7 Å². The van der Waals surface area contributed by atoms with E-state index >= 15 is 0 Å². The number of allylic oxidation sites excluding steroid dienone is 2. The van der Waals surface area contributed by atoms with Crippen LogP contribution in [-0.2, 0) is 6.42 Å². The van der Waals surface area contributed by atoms with Crippen LogP contribution in [0.5, 0.6) is 0 Å². The molecule has 0 nitrogen and oxygen atoms in total. The fourth-order valence-electron chi connectivity index (χ4n) is 4.31. The summed E-state index contributed by atoms with van der Waals surface area (Å²) in [6, 6.07) is 10.5. The lowest BCUT2D eigenvalue weighted by atomic mass is 9.78. The molecular formula is C26H30ClF3. The Morgan fingerprint density at radius 2 is 1.50 bits per heavy atom. The van der Waals surface area contributed by atoms with Gasteiger partial charge >= 0.3 is 0 Å². The first-order valence-electron chi connectivity index (χ1n) is 11.0. The van der Waals surface area contributed by atoms with E-state index in [4.69, 9.17) is 11.6 Å². The summed E-state index contributed by atoms with van der Waals surface area (Å²) in [6.45, 7) is -0.226. The molecule has 3 rings (SSSR count). The Labute approximate surface area is 183 Å². The minimum atomic E-state index is -0.735. The molecule has 0 heterocycles. The molecule has 0 bridgehead atoms. The van der Waals surface area contributed by atoms with Crippen molar-refractivity contribution < 1.29 is 13.2 Å². The third kappa shape index (κ3) is 6.63. The number of halogens is 4. The topological polar surface area (TPSA) is 0 Å². The number of benzene rings is 2. The molecule has 1 fully saturated rings. The highest BCUT2D eigenvalue weighted by atomic mass is 35.5. The first-order valence-corrected chi connectivity index (χ1v) is 11.4. The number of unbranched alkanes of at least 4 members (excludes halogenated alkanes) is 1. The molecule has 0 aliphatic heterocycles. The molecule has 1 aliphatic carbocycles. The Morgan fingerprint density at radius 3 is 2.13 bits per heavy atom. The van der Waals surface area contributed by atoms with Gasteiger partial charge in [0.25, 0.3) is 0 Å². The summed E-state index contributed by atoms with van der Waals surface area (Å²) in [5.74, 6) is 0.0846. The molecule has 0 aromatic heterocycles. The second-order valence-corrected chi connectivity index (χ2v) is 8.79. The summed E-state index contributed by atoms with van der Waals surface area (Å²) < 4.78 is 39.5. The van der Waals surface area contributed by atoms with Crippen molar-refractivity contribution in [1.82, 2.24) is 0 Å². The molecule has 0 spiro atoms. The Hall–Kier alpha value is -1.74. The molecular weight excluding hydrogens is 405 g/mol. The van der Waals surface area contributed by atoms with Gasteiger partial charge in [-0.05, 0) is 85.6 Å². The molecule has 0 atom stereocenters. The number of alkyl halides is 1. The first kappa shape index (κ1) is 22.9. The van der Waals surface area contributed by atoms with E-state index in [0.29, 0.717) is 12.0 Å². The third-order valence-corrected chi connectivity index (χ3v) is 6.58. The van der Waals surface area contributed by atoms with Crippen LogP contribution in [0.2, 0.25) is 5.02 Å². The van der Waals surface area contributed by atoms with E-state index in [1.807, 2.05) is 24.3 Å². The van der Waals surface area contributed by atoms with Gasteiger partial charge in [-0.25, -0.2) is 8.78 Å². The molecule has 0 N–H and O–H groups in total. The molecule has 4 heteroatoms. The summed E-state index contributed by atoms with van der Waals surface area (Å²) in [5.41, 5.74) is 2.54. The number of hydrogen-bond donors (Lipinski definition) is 0. The van der Waals surface area contributed by atoms with Gasteiger partial charge in [-0.3, -0.25) is 4.39 Å². The van der Waals surface area contributed by atoms with Crippen LogP contribution in [0.1, 0.15) is 56.9 Å². The Balaban J connectivity index is 1.43. The highest BCUT2D eigenvalue weighted by molar-refractivity contribution is 6.31. The average molecular weight is 435 g/mol. The number of aryl methyl sites for hydroxylation is 1. The van der Waals surface area contributed by atoms with Crippen molar-refractivity contribution in [3.05, 3.63) is 70.8 Å². The van der Waals surface area contributed by atoms with Crippen LogP contribution in [0.3, 0.4) is 0 Å². The van der Waals surface area contributed by atoms with Crippen LogP contribution in [0.25, 0.3) is 11.1 Å². The van der Waals surface area contributed by atoms with Gasteiger partial charge in [-0.2, -0.15) is 0 Å². The lowest BCUT2D eigenvalue weighted by Crippen LogP contribution is -2.14. The molecule has 1 saturated carbocycles. The Morgan fingerprint density at radius 1 is 0.867 bits per heavy atom. The van der Waals surface area contributed by atoms with Crippen molar-refractivity contribution in [2.24, 2.45) is 11.8 Å². The lowest BCUT2D eigenvalue weighted by Gasteiger charge is -2.28. The van der Waals surface area contributed by atoms with E-state index < -0.39 is 16.7 Å². The van der Waals surface area contributed by atoms with Gasteiger partial charge in [0.05, 0.1) is 6.67 Å². The van der Waals surface area contributed by atoms with Crippen molar-refractivity contribution >= 4 is 11.6 Å². The standard InChI is InChI=1S/C26H30ClF3/c27-26-24(29)17-23(18-25(26)30)22-14-12-21(13-15-22)11-10-20-8-6-19(7-9-20)5-3-1-2-4-16-28/h1,3,12-15,17-20H,2,4-11,16H2/b3-1+.